The summed E-state index contributed by atoms with van der Waals surface area (Å²) in [5.74, 6) is 0.359. The highest BCUT2D eigenvalue weighted by molar-refractivity contribution is 6.32. The van der Waals surface area contributed by atoms with Gasteiger partial charge >= 0.3 is 6.18 Å². The van der Waals surface area contributed by atoms with Crippen LogP contribution in [-0.4, -0.2) is 6.10 Å². The number of nitriles is 2. The summed E-state index contributed by atoms with van der Waals surface area (Å²) in [7, 11) is 0. The molecule has 0 aliphatic carbocycles. The van der Waals surface area contributed by atoms with Crippen LogP contribution in [0.25, 0.3) is 0 Å². The fourth-order valence-corrected chi connectivity index (χ4v) is 2.22. The standard InChI is InChI=1S/C18H12ClF3N2O2/c1-2-13(10-24)25-17-8-14(5-3-11(17)9-23)26-16-6-4-12(7-15(16)19)18(20,21)22/h3-8,13H,2H2,1H3. The van der Waals surface area contributed by atoms with E-state index in [0.717, 1.165) is 18.2 Å². The summed E-state index contributed by atoms with van der Waals surface area (Å²) < 4.78 is 49.0. The molecular weight excluding hydrogens is 369 g/mol. The van der Waals surface area contributed by atoms with E-state index in [9.17, 15) is 13.2 Å². The molecular formula is C18H12ClF3N2O2. The van der Waals surface area contributed by atoms with Gasteiger partial charge in [-0.2, -0.15) is 23.7 Å². The number of alkyl halides is 3. The molecule has 0 spiro atoms. The second-order valence-corrected chi connectivity index (χ2v) is 5.57. The van der Waals surface area contributed by atoms with Crippen molar-refractivity contribution in [2.24, 2.45) is 0 Å². The third kappa shape index (κ3) is 4.59. The lowest BCUT2D eigenvalue weighted by Crippen LogP contribution is -2.13. The molecule has 2 rings (SSSR count). The number of ether oxygens (including phenoxy) is 2. The van der Waals surface area contributed by atoms with Crippen molar-refractivity contribution in [1.29, 1.82) is 10.5 Å². The molecule has 0 heterocycles. The maximum Gasteiger partial charge on any atom is 0.416 e. The average molecular weight is 381 g/mol. The summed E-state index contributed by atoms with van der Waals surface area (Å²) in [5.41, 5.74) is -0.692. The fourth-order valence-electron chi connectivity index (χ4n) is 2.00. The van der Waals surface area contributed by atoms with E-state index in [4.69, 9.17) is 31.6 Å². The Balaban J connectivity index is 2.30. The van der Waals surface area contributed by atoms with Crippen molar-refractivity contribution in [1.82, 2.24) is 0 Å². The summed E-state index contributed by atoms with van der Waals surface area (Å²) in [6.45, 7) is 1.75. The molecule has 0 N–H and O–H groups in total. The van der Waals surface area contributed by atoms with Gasteiger partial charge in [0.2, 0.25) is 0 Å². The molecule has 0 aromatic heterocycles. The number of benzene rings is 2. The van der Waals surface area contributed by atoms with Gasteiger partial charge in [0.1, 0.15) is 29.4 Å². The highest BCUT2D eigenvalue weighted by Gasteiger charge is 2.31. The number of rotatable bonds is 5. The average Bonchev–Trinajstić information content (AvgIpc) is 2.60. The molecule has 0 saturated carbocycles. The first kappa shape index (κ1) is 19.4. The Bertz CT molecular complexity index is 885. The van der Waals surface area contributed by atoms with Crippen LogP contribution in [0.3, 0.4) is 0 Å². The first-order valence-corrected chi connectivity index (χ1v) is 7.81. The molecule has 0 amide bonds. The van der Waals surface area contributed by atoms with E-state index < -0.39 is 17.8 Å². The lowest BCUT2D eigenvalue weighted by atomic mass is 10.2. The summed E-state index contributed by atoms with van der Waals surface area (Å²) in [6, 6.07) is 10.9. The van der Waals surface area contributed by atoms with Crippen molar-refractivity contribution >= 4 is 11.6 Å². The molecule has 0 aliphatic rings. The number of hydrogen-bond acceptors (Lipinski definition) is 4. The Morgan fingerprint density at radius 3 is 2.38 bits per heavy atom. The predicted octanol–water partition coefficient (Wildman–Crippen LogP) is 5.70. The van der Waals surface area contributed by atoms with Crippen LogP contribution in [-0.2, 0) is 6.18 Å². The first-order valence-electron chi connectivity index (χ1n) is 7.43. The van der Waals surface area contributed by atoms with Crippen molar-refractivity contribution in [3.05, 3.63) is 52.5 Å². The maximum atomic E-state index is 12.7. The van der Waals surface area contributed by atoms with Crippen LogP contribution in [0, 0.1) is 22.7 Å². The predicted molar refractivity (Wildman–Crippen MR) is 88.0 cm³/mol. The SMILES string of the molecule is CCC(C#N)Oc1cc(Oc2ccc(C(F)(F)F)cc2Cl)ccc1C#N. The third-order valence-electron chi connectivity index (χ3n) is 3.34. The molecule has 0 bridgehead atoms. The van der Waals surface area contributed by atoms with Gasteiger partial charge in [0.15, 0.2) is 6.10 Å². The largest absolute Gasteiger partial charge is 0.474 e. The van der Waals surface area contributed by atoms with Gasteiger partial charge in [-0.15, -0.1) is 0 Å². The van der Waals surface area contributed by atoms with Gasteiger partial charge in [-0.3, -0.25) is 0 Å². The van der Waals surface area contributed by atoms with Crippen molar-refractivity contribution in [2.75, 3.05) is 0 Å². The van der Waals surface area contributed by atoms with E-state index in [0.29, 0.717) is 6.42 Å². The first-order chi connectivity index (χ1) is 12.3. The second-order valence-electron chi connectivity index (χ2n) is 5.16. The quantitative estimate of drug-likeness (QED) is 0.667. The molecule has 4 nitrogen and oxygen atoms in total. The summed E-state index contributed by atoms with van der Waals surface area (Å²) in [4.78, 5) is 0. The summed E-state index contributed by atoms with van der Waals surface area (Å²) >= 11 is 5.86. The van der Waals surface area contributed by atoms with E-state index >= 15 is 0 Å². The van der Waals surface area contributed by atoms with Gasteiger partial charge in [0.05, 0.1) is 16.1 Å². The maximum absolute atomic E-state index is 12.7. The molecule has 2 aromatic carbocycles. The third-order valence-corrected chi connectivity index (χ3v) is 3.64. The summed E-state index contributed by atoms with van der Waals surface area (Å²) in [5, 5.41) is 17.9. The number of nitrogens with zero attached hydrogens (tertiary/aromatic N) is 2. The van der Waals surface area contributed by atoms with Gasteiger partial charge < -0.3 is 9.47 Å². The van der Waals surface area contributed by atoms with Crippen molar-refractivity contribution in [3.63, 3.8) is 0 Å². The van der Waals surface area contributed by atoms with E-state index in [1.165, 1.54) is 18.2 Å². The van der Waals surface area contributed by atoms with Crippen LogP contribution < -0.4 is 9.47 Å². The van der Waals surface area contributed by atoms with Crippen LogP contribution in [0.1, 0.15) is 24.5 Å². The van der Waals surface area contributed by atoms with Gasteiger partial charge in [0.25, 0.3) is 0 Å². The highest BCUT2D eigenvalue weighted by atomic mass is 35.5. The Hall–Kier alpha value is -2.90. The smallest absolute Gasteiger partial charge is 0.416 e. The zero-order chi connectivity index (χ0) is 19.3. The molecule has 2 aromatic rings. The molecule has 1 atom stereocenters. The fraction of sp³-hybridized carbons (Fsp3) is 0.222. The molecule has 0 saturated heterocycles. The number of halogens is 4. The second kappa shape index (κ2) is 7.99. The molecule has 26 heavy (non-hydrogen) atoms. The molecule has 0 aliphatic heterocycles. The molecule has 1 unspecified atom stereocenters. The highest BCUT2D eigenvalue weighted by Crippen LogP contribution is 2.37. The Morgan fingerprint density at radius 2 is 1.85 bits per heavy atom. The minimum Gasteiger partial charge on any atom is -0.474 e. The van der Waals surface area contributed by atoms with Crippen LogP contribution in [0.15, 0.2) is 36.4 Å². The summed E-state index contributed by atoms with van der Waals surface area (Å²) in [6.07, 6.45) is -4.84. The van der Waals surface area contributed by atoms with Crippen LogP contribution in [0.2, 0.25) is 5.02 Å². The Labute approximate surface area is 152 Å². The van der Waals surface area contributed by atoms with E-state index in [2.05, 4.69) is 0 Å². The van der Waals surface area contributed by atoms with E-state index in [1.807, 2.05) is 12.1 Å². The Kier molecular flexibility index (Phi) is 5.97. The van der Waals surface area contributed by atoms with E-state index in [-0.39, 0.29) is 27.8 Å². The van der Waals surface area contributed by atoms with Gasteiger partial charge in [-0.05, 0) is 36.8 Å². The minimum atomic E-state index is -4.51. The topological polar surface area (TPSA) is 66.0 Å². The van der Waals surface area contributed by atoms with Crippen LogP contribution in [0.4, 0.5) is 13.2 Å². The van der Waals surface area contributed by atoms with Crippen LogP contribution in [0.5, 0.6) is 17.2 Å². The zero-order valence-electron chi connectivity index (χ0n) is 13.5. The van der Waals surface area contributed by atoms with Crippen molar-refractivity contribution < 1.29 is 22.6 Å². The number of hydrogen-bond donors (Lipinski definition) is 0. The lowest BCUT2D eigenvalue weighted by Gasteiger charge is -2.14. The van der Waals surface area contributed by atoms with Gasteiger partial charge in [-0.25, -0.2) is 0 Å². The molecule has 8 heteroatoms. The normalized spacial score (nSPS) is 12.0. The van der Waals surface area contributed by atoms with Gasteiger partial charge in [-0.1, -0.05) is 18.5 Å². The van der Waals surface area contributed by atoms with Crippen LogP contribution >= 0.6 is 11.6 Å². The van der Waals surface area contributed by atoms with E-state index in [1.54, 1.807) is 6.92 Å². The molecule has 134 valence electrons. The molecule has 0 fully saturated rings. The minimum absolute atomic E-state index is 0.0163. The zero-order valence-corrected chi connectivity index (χ0v) is 14.2. The lowest BCUT2D eigenvalue weighted by molar-refractivity contribution is -0.137. The molecule has 0 radical (unpaired) electrons. The van der Waals surface area contributed by atoms with Gasteiger partial charge in [0, 0.05) is 6.07 Å². The van der Waals surface area contributed by atoms with Crippen molar-refractivity contribution in [2.45, 2.75) is 25.6 Å². The monoisotopic (exact) mass is 380 g/mol. The van der Waals surface area contributed by atoms with Crippen molar-refractivity contribution in [3.8, 4) is 29.4 Å². The Morgan fingerprint density at radius 1 is 1.12 bits per heavy atom.